The summed E-state index contributed by atoms with van der Waals surface area (Å²) in [7, 11) is 0. The number of fused-ring (bicyclic) bond motifs is 4. The number of thioether (sulfide) groups is 1. The summed E-state index contributed by atoms with van der Waals surface area (Å²) in [6, 6.07) is 5.60. The highest BCUT2D eigenvalue weighted by Gasteiger charge is 2.21. The number of hydrogen-bond donors (Lipinski definition) is 2. The normalized spacial score (nSPS) is 16.0. The van der Waals surface area contributed by atoms with Crippen LogP contribution in [0.3, 0.4) is 0 Å². The first-order valence-electron chi connectivity index (χ1n) is 10.5. The Morgan fingerprint density at radius 3 is 2.90 bits per heavy atom. The number of amides is 1. The van der Waals surface area contributed by atoms with Crippen LogP contribution in [0.15, 0.2) is 23.4 Å². The average Bonchev–Trinajstić information content (AvgIpc) is 3.16. The molecular weight excluding hydrogens is 432 g/mol. The third-order valence-electron chi connectivity index (χ3n) is 5.60. The number of nitrogens with zero attached hydrogens (tertiary/aromatic N) is 2. The molecule has 3 heterocycles. The summed E-state index contributed by atoms with van der Waals surface area (Å²) in [6.45, 7) is 3.04. The number of carbonyl (C=O) groups is 1. The van der Waals surface area contributed by atoms with Crippen LogP contribution in [0, 0.1) is 0 Å². The highest BCUT2D eigenvalue weighted by atomic mass is 32.2. The first kappa shape index (κ1) is 20.4. The lowest BCUT2D eigenvalue weighted by atomic mass is 9.97. The summed E-state index contributed by atoms with van der Waals surface area (Å²) in [5.74, 6) is 2.13. The van der Waals surface area contributed by atoms with E-state index in [1.54, 1.807) is 11.3 Å². The van der Waals surface area contributed by atoms with E-state index >= 15 is 0 Å². The van der Waals surface area contributed by atoms with Crippen LogP contribution in [-0.4, -0.2) is 34.8 Å². The van der Waals surface area contributed by atoms with Gasteiger partial charge in [-0.15, -0.1) is 11.3 Å². The van der Waals surface area contributed by atoms with Crippen LogP contribution >= 0.6 is 23.1 Å². The maximum absolute atomic E-state index is 12.5. The van der Waals surface area contributed by atoms with Gasteiger partial charge in [0.25, 0.3) is 0 Å². The van der Waals surface area contributed by atoms with Crippen LogP contribution < -0.4 is 20.5 Å². The highest BCUT2D eigenvalue weighted by Crippen LogP contribution is 2.38. The first-order chi connectivity index (χ1) is 15.1. The van der Waals surface area contributed by atoms with Crippen LogP contribution in [0.4, 0.5) is 5.82 Å². The molecule has 9 heteroatoms. The fraction of sp³-hybridized carbons (Fsp3) is 0.409. The number of aromatic nitrogens is 2. The Morgan fingerprint density at radius 1 is 1.23 bits per heavy atom. The zero-order valence-electron chi connectivity index (χ0n) is 17.3. The predicted molar refractivity (Wildman–Crippen MR) is 123 cm³/mol. The second kappa shape index (κ2) is 8.55. The van der Waals surface area contributed by atoms with E-state index in [2.05, 4.69) is 15.3 Å². The fourth-order valence-electron chi connectivity index (χ4n) is 4.06. The quantitative estimate of drug-likeness (QED) is 0.444. The molecule has 1 amide bonds. The number of aryl methyl sites for hydroxylation is 2. The van der Waals surface area contributed by atoms with Gasteiger partial charge < -0.3 is 20.5 Å². The number of nitrogen functional groups attached to an aromatic ring is 1. The zero-order valence-corrected chi connectivity index (χ0v) is 18.9. The minimum atomic E-state index is -0.151. The summed E-state index contributed by atoms with van der Waals surface area (Å²) in [5.41, 5.74) is 8.56. The molecule has 1 atom stereocenters. The van der Waals surface area contributed by atoms with Crippen molar-refractivity contribution in [2.75, 3.05) is 24.7 Å². The lowest BCUT2D eigenvalue weighted by Crippen LogP contribution is -2.28. The first-order valence-corrected chi connectivity index (χ1v) is 12.3. The van der Waals surface area contributed by atoms with Crippen molar-refractivity contribution in [3.05, 3.63) is 34.2 Å². The van der Waals surface area contributed by atoms with Gasteiger partial charge in [0.1, 0.15) is 23.9 Å². The second-order valence-electron chi connectivity index (χ2n) is 7.76. The maximum Gasteiger partial charge on any atom is 0.230 e. The van der Waals surface area contributed by atoms with Crippen LogP contribution in [-0.2, 0) is 17.6 Å². The Hall–Kier alpha value is -2.52. The maximum atomic E-state index is 12.5. The van der Waals surface area contributed by atoms with Gasteiger partial charge in [0, 0.05) is 4.88 Å². The molecule has 3 N–H and O–H groups in total. The third-order valence-corrected chi connectivity index (χ3v) is 7.63. The monoisotopic (exact) mass is 456 g/mol. The molecule has 31 heavy (non-hydrogen) atoms. The Labute approximate surface area is 188 Å². The smallest absolute Gasteiger partial charge is 0.230 e. The standard InChI is InChI=1S/C22H24N4O3S2/c1-12(13-6-7-15-16(10-13)29-9-8-28-15)24-18(27)11-30-22-25-20(23)19-14-4-2-3-5-17(14)31-21(19)26-22/h6-7,10,12H,2-5,8-9,11H2,1H3,(H,24,27)(H2,23,25,26). The lowest BCUT2D eigenvalue weighted by molar-refractivity contribution is -0.119. The van der Waals surface area contributed by atoms with Crippen molar-refractivity contribution in [1.82, 2.24) is 15.3 Å². The number of carbonyl (C=O) groups excluding carboxylic acids is 1. The molecule has 162 valence electrons. The van der Waals surface area contributed by atoms with Crippen LogP contribution in [0.2, 0.25) is 0 Å². The number of hydrogen-bond acceptors (Lipinski definition) is 8. The number of thiophene rings is 1. The zero-order chi connectivity index (χ0) is 21.4. The molecule has 7 nitrogen and oxygen atoms in total. The Morgan fingerprint density at radius 2 is 2.03 bits per heavy atom. The summed E-state index contributed by atoms with van der Waals surface area (Å²) >= 11 is 3.03. The van der Waals surface area contributed by atoms with E-state index in [1.165, 1.54) is 35.0 Å². The van der Waals surface area contributed by atoms with E-state index in [0.29, 0.717) is 24.2 Å². The Bertz CT molecular complexity index is 1150. The van der Waals surface area contributed by atoms with E-state index in [-0.39, 0.29) is 17.7 Å². The molecule has 2 aliphatic rings. The van der Waals surface area contributed by atoms with Crippen molar-refractivity contribution in [2.45, 2.75) is 43.8 Å². The minimum absolute atomic E-state index is 0.0832. The molecule has 1 unspecified atom stereocenters. The van der Waals surface area contributed by atoms with Gasteiger partial charge in [-0.2, -0.15) is 0 Å². The molecule has 3 aromatic rings. The number of benzene rings is 1. The number of nitrogens with two attached hydrogens (primary N) is 1. The third kappa shape index (κ3) is 4.16. The van der Waals surface area contributed by atoms with Crippen LogP contribution in [0.5, 0.6) is 11.5 Å². The Kier molecular flexibility index (Phi) is 5.62. The fourth-order valence-corrected chi connectivity index (χ4v) is 6.04. The predicted octanol–water partition coefficient (Wildman–Crippen LogP) is 3.89. The van der Waals surface area contributed by atoms with Crippen LogP contribution in [0.1, 0.15) is 41.8 Å². The molecule has 0 bridgehead atoms. The summed E-state index contributed by atoms with van der Waals surface area (Å²) in [4.78, 5) is 24.0. The molecule has 1 aliphatic heterocycles. The number of nitrogens with one attached hydrogen (secondary N) is 1. The minimum Gasteiger partial charge on any atom is -0.486 e. The van der Waals surface area contributed by atoms with Gasteiger partial charge >= 0.3 is 0 Å². The van der Waals surface area contributed by atoms with Gasteiger partial charge in [-0.3, -0.25) is 4.79 Å². The van der Waals surface area contributed by atoms with E-state index in [0.717, 1.165) is 40.1 Å². The molecule has 0 saturated heterocycles. The summed E-state index contributed by atoms with van der Waals surface area (Å²) in [5, 5.41) is 4.59. The van der Waals surface area contributed by atoms with Crippen molar-refractivity contribution >= 4 is 45.0 Å². The van der Waals surface area contributed by atoms with Crippen molar-refractivity contribution < 1.29 is 14.3 Å². The van der Waals surface area contributed by atoms with Gasteiger partial charge in [0.15, 0.2) is 16.7 Å². The van der Waals surface area contributed by atoms with E-state index in [4.69, 9.17) is 15.2 Å². The van der Waals surface area contributed by atoms with E-state index < -0.39 is 0 Å². The SMILES string of the molecule is CC(NC(=O)CSc1nc(N)c2c3c(sc2n1)CCCC3)c1ccc2c(c1)OCCO2. The molecule has 0 spiro atoms. The molecule has 5 rings (SSSR count). The summed E-state index contributed by atoms with van der Waals surface area (Å²) in [6.07, 6.45) is 4.56. The van der Waals surface area contributed by atoms with Gasteiger partial charge in [0.2, 0.25) is 5.91 Å². The molecular formula is C22H24N4O3S2. The molecule has 1 aromatic carbocycles. The molecule has 1 aliphatic carbocycles. The number of anilines is 1. The topological polar surface area (TPSA) is 99.4 Å². The van der Waals surface area contributed by atoms with Crippen molar-refractivity contribution in [3.63, 3.8) is 0 Å². The van der Waals surface area contributed by atoms with Gasteiger partial charge in [-0.25, -0.2) is 9.97 Å². The lowest BCUT2D eigenvalue weighted by Gasteiger charge is -2.21. The van der Waals surface area contributed by atoms with E-state index in [1.807, 2.05) is 25.1 Å². The van der Waals surface area contributed by atoms with Crippen molar-refractivity contribution in [2.24, 2.45) is 0 Å². The second-order valence-corrected chi connectivity index (χ2v) is 9.79. The molecule has 0 radical (unpaired) electrons. The van der Waals surface area contributed by atoms with E-state index in [9.17, 15) is 4.79 Å². The summed E-state index contributed by atoms with van der Waals surface area (Å²) < 4.78 is 11.2. The molecule has 2 aromatic heterocycles. The molecule has 0 fully saturated rings. The van der Waals surface area contributed by atoms with Crippen LogP contribution in [0.25, 0.3) is 10.2 Å². The highest BCUT2D eigenvalue weighted by molar-refractivity contribution is 7.99. The number of rotatable bonds is 5. The van der Waals surface area contributed by atoms with Gasteiger partial charge in [-0.1, -0.05) is 17.8 Å². The number of ether oxygens (including phenoxy) is 2. The van der Waals surface area contributed by atoms with Crippen molar-refractivity contribution in [1.29, 1.82) is 0 Å². The van der Waals surface area contributed by atoms with Crippen molar-refractivity contribution in [3.8, 4) is 11.5 Å². The Balaban J connectivity index is 1.23. The van der Waals surface area contributed by atoms with Gasteiger partial charge in [-0.05, 0) is 55.9 Å². The molecule has 0 saturated carbocycles. The largest absolute Gasteiger partial charge is 0.486 e. The average molecular weight is 457 g/mol. The van der Waals surface area contributed by atoms with Gasteiger partial charge in [0.05, 0.1) is 17.2 Å².